The minimum Gasteiger partial charge on any atom is -0.289 e. The summed E-state index contributed by atoms with van der Waals surface area (Å²) in [5.41, 5.74) is 3.30. The molecule has 1 amide bonds. The van der Waals surface area contributed by atoms with Gasteiger partial charge in [-0.2, -0.15) is 0 Å². The molecule has 0 bridgehead atoms. The van der Waals surface area contributed by atoms with Gasteiger partial charge in [0.1, 0.15) is 9.88 Å². The summed E-state index contributed by atoms with van der Waals surface area (Å²) in [5, 5.41) is 1.59. The molecule has 0 aliphatic heterocycles. The van der Waals surface area contributed by atoms with Gasteiger partial charge in [0.25, 0.3) is 5.91 Å². The van der Waals surface area contributed by atoms with Crippen molar-refractivity contribution in [2.75, 3.05) is 0 Å². The van der Waals surface area contributed by atoms with Crippen LogP contribution in [0.1, 0.15) is 15.4 Å². The van der Waals surface area contributed by atoms with Crippen molar-refractivity contribution in [1.82, 2.24) is 10.4 Å². The number of benzene rings is 1. The highest BCUT2D eigenvalue weighted by atomic mass is 35.5. The van der Waals surface area contributed by atoms with Gasteiger partial charge in [0.15, 0.2) is 0 Å². The Kier molecular flexibility index (Phi) is 3.87. The van der Waals surface area contributed by atoms with E-state index in [0.29, 0.717) is 31.2 Å². The van der Waals surface area contributed by atoms with E-state index in [1.807, 2.05) is 0 Å². The van der Waals surface area contributed by atoms with Gasteiger partial charge in [-0.1, -0.05) is 29.3 Å². The van der Waals surface area contributed by atoms with Gasteiger partial charge in [-0.3, -0.25) is 10.2 Å². The SMILES string of the molecule is Cc1nc(-c2c(Cl)cccc2Cl)sc1C(=O)NN. The number of halogens is 2. The number of nitrogens with two attached hydrogens (primary N) is 1. The first-order valence-electron chi connectivity index (χ1n) is 4.97. The molecule has 1 aromatic carbocycles. The molecule has 0 spiro atoms. The quantitative estimate of drug-likeness (QED) is 0.509. The van der Waals surface area contributed by atoms with Crippen LogP contribution >= 0.6 is 34.5 Å². The number of hydrogen-bond donors (Lipinski definition) is 2. The van der Waals surface area contributed by atoms with Gasteiger partial charge in [0.2, 0.25) is 0 Å². The van der Waals surface area contributed by atoms with Crippen molar-refractivity contribution in [2.45, 2.75) is 6.92 Å². The van der Waals surface area contributed by atoms with E-state index in [0.717, 1.165) is 0 Å². The third-order valence-electron chi connectivity index (χ3n) is 2.31. The number of hydrogen-bond acceptors (Lipinski definition) is 4. The lowest BCUT2D eigenvalue weighted by Gasteiger charge is -2.02. The van der Waals surface area contributed by atoms with Crippen molar-refractivity contribution in [3.63, 3.8) is 0 Å². The largest absolute Gasteiger partial charge is 0.289 e. The summed E-state index contributed by atoms with van der Waals surface area (Å²) in [4.78, 5) is 16.3. The summed E-state index contributed by atoms with van der Waals surface area (Å²) < 4.78 is 0. The number of carbonyl (C=O) groups is 1. The molecule has 1 aromatic heterocycles. The maximum atomic E-state index is 11.5. The van der Waals surface area contributed by atoms with Gasteiger partial charge >= 0.3 is 0 Å². The number of nitrogens with zero attached hydrogens (tertiary/aromatic N) is 1. The van der Waals surface area contributed by atoms with E-state index >= 15 is 0 Å². The Bertz CT molecular complexity index is 592. The molecular weight excluding hydrogens is 293 g/mol. The van der Waals surface area contributed by atoms with E-state index in [1.54, 1.807) is 25.1 Å². The van der Waals surface area contributed by atoms with Crippen LogP contribution in [0.3, 0.4) is 0 Å². The molecule has 2 rings (SSSR count). The zero-order valence-electron chi connectivity index (χ0n) is 9.33. The number of hydrazine groups is 1. The number of rotatable bonds is 2. The number of nitrogen functional groups attached to an aromatic ring is 1. The van der Waals surface area contributed by atoms with Crippen LogP contribution in [0.25, 0.3) is 10.6 Å². The van der Waals surface area contributed by atoms with Crippen molar-refractivity contribution < 1.29 is 4.79 Å². The van der Waals surface area contributed by atoms with Crippen LogP contribution in [-0.2, 0) is 0 Å². The van der Waals surface area contributed by atoms with Crippen molar-refractivity contribution >= 4 is 40.4 Å². The highest BCUT2D eigenvalue weighted by Crippen LogP contribution is 2.37. The molecule has 1 heterocycles. The van der Waals surface area contributed by atoms with Gasteiger partial charge in [0.05, 0.1) is 15.7 Å². The lowest BCUT2D eigenvalue weighted by atomic mass is 10.2. The lowest BCUT2D eigenvalue weighted by molar-refractivity contribution is 0.0957. The summed E-state index contributed by atoms with van der Waals surface area (Å²) in [6, 6.07) is 5.20. The van der Waals surface area contributed by atoms with Crippen LogP contribution in [0.4, 0.5) is 0 Å². The first-order valence-corrected chi connectivity index (χ1v) is 6.54. The first kappa shape index (κ1) is 13.3. The number of thiazole rings is 1. The molecule has 0 fully saturated rings. The molecule has 18 heavy (non-hydrogen) atoms. The minimum atomic E-state index is -0.376. The molecule has 0 radical (unpaired) electrons. The highest BCUT2D eigenvalue weighted by Gasteiger charge is 2.18. The molecule has 94 valence electrons. The fourth-order valence-electron chi connectivity index (χ4n) is 1.48. The Morgan fingerprint density at radius 1 is 1.39 bits per heavy atom. The summed E-state index contributed by atoms with van der Waals surface area (Å²) in [5.74, 6) is 4.73. The van der Waals surface area contributed by atoms with Gasteiger partial charge in [-0.15, -0.1) is 11.3 Å². The Morgan fingerprint density at radius 2 is 2.00 bits per heavy atom. The van der Waals surface area contributed by atoms with Crippen molar-refractivity contribution in [3.8, 4) is 10.6 Å². The lowest BCUT2D eigenvalue weighted by Crippen LogP contribution is -2.29. The predicted molar refractivity (Wildman–Crippen MR) is 74.0 cm³/mol. The molecule has 0 aliphatic carbocycles. The highest BCUT2D eigenvalue weighted by molar-refractivity contribution is 7.17. The van der Waals surface area contributed by atoms with Crippen LogP contribution in [0, 0.1) is 6.92 Å². The molecular formula is C11H9Cl2N3OS. The van der Waals surface area contributed by atoms with Gasteiger partial charge < -0.3 is 0 Å². The Labute approximate surface area is 118 Å². The van der Waals surface area contributed by atoms with Crippen LogP contribution < -0.4 is 11.3 Å². The van der Waals surface area contributed by atoms with Crippen molar-refractivity contribution in [3.05, 3.63) is 38.8 Å². The van der Waals surface area contributed by atoms with Crippen molar-refractivity contribution in [1.29, 1.82) is 0 Å². The minimum absolute atomic E-state index is 0.376. The van der Waals surface area contributed by atoms with E-state index in [1.165, 1.54) is 11.3 Å². The average Bonchev–Trinajstić information content (AvgIpc) is 2.70. The molecule has 7 heteroatoms. The van der Waals surface area contributed by atoms with Crippen LogP contribution in [-0.4, -0.2) is 10.9 Å². The second-order valence-electron chi connectivity index (χ2n) is 3.50. The normalized spacial score (nSPS) is 10.4. The number of carbonyl (C=O) groups excluding carboxylic acids is 1. The zero-order valence-corrected chi connectivity index (χ0v) is 11.7. The third kappa shape index (κ3) is 2.35. The maximum absolute atomic E-state index is 11.5. The molecule has 0 aliphatic rings. The Morgan fingerprint density at radius 3 is 2.56 bits per heavy atom. The van der Waals surface area contributed by atoms with E-state index in [2.05, 4.69) is 10.4 Å². The molecule has 0 unspecified atom stereocenters. The zero-order chi connectivity index (χ0) is 13.3. The smallest absolute Gasteiger partial charge is 0.277 e. The Hall–Kier alpha value is -1.14. The molecule has 2 aromatic rings. The fraction of sp³-hybridized carbons (Fsp3) is 0.0909. The number of aryl methyl sites for hydroxylation is 1. The van der Waals surface area contributed by atoms with Crippen molar-refractivity contribution in [2.24, 2.45) is 5.84 Å². The first-order chi connectivity index (χ1) is 8.54. The molecule has 3 N–H and O–H groups in total. The van der Waals surface area contributed by atoms with Crippen LogP contribution in [0.5, 0.6) is 0 Å². The predicted octanol–water partition coefficient (Wildman–Crippen LogP) is 3.03. The number of nitrogens with one attached hydrogen (secondary N) is 1. The monoisotopic (exact) mass is 301 g/mol. The van der Waals surface area contributed by atoms with Crippen LogP contribution in [0.15, 0.2) is 18.2 Å². The van der Waals surface area contributed by atoms with Gasteiger partial charge in [-0.05, 0) is 19.1 Å². The third-order valence-corrected chi connectivity index (χ3v) is 4.11. The van der Waals surface area contributed by atoms with E-state index in [-0.39, 0.29) is 5.91 Å². The summed E-state index contributed by atoms with van der Waals surface area (Å²) >= 11 is 13.4. The molecule has 0 saturated carbocycles. The molecule has 0 atom stereocenters. The van der Waals surface area contributed by atoms with E-state index < -0.39 is 0 Å². The second kappa shape index (κ2) is 5.24. The van der Waals surface area contributed by atoms with Gasteiger partial charge in [-0.25, -0.2) is 10.8 Å². The summed E-state index contributed by atoms with van der Waals surface area (Å²) in [6.45, 7) is 1.73. The number of aromatic nitrogens is 1. The van der Waals surface area contributed by atoms with E-state index in [4.69, 9.17) is 29.0 Å². The second-order valence-corrected chi connectivity index (χ2v) is 5.32. The Balaban J connectivity index is 2.56. The number of amides is 1. The topological polar surface area (TPSA) is 68.0 Å². The molecule has 4 nitrogen and oxygen atoms in total. The molecule has 0 saturated heterocycles. The van der Waals surface area contributed by atoms with Crippen LogP contribution in [0.2, 0.25) is 10.0 Å². The van der Waals surface area contributed by atoms with E-state index in [9.17, 15) is 4.79 Å². The van der Waals surface area contributed by atoms with Gasteiger partial charge in [0, 0.05) is 5.56 Å². The summed E-state index contributed by atoms with van der Waals surface area (Å²) in [7, 11) is 0. The standard InChI is InChI=1S/C11H9Cl2N3OS/c1-5-9(10(17)16-14)18-11(15-5)8-6(12)3-2-4-7(8)13/h2-4H,14H2,1H3,(H,16,17). The summed E-state index contributed by atoms with van der Waals surface area (Å²) in [6.07, 6.45) is 0. The average molecular weight is 302 g/mol. The maximum Gasteiger partial charge on any atom is 0.277 e. The fourth-order valence-corrected chi connectivity index (χ4v) is 3.21.